The Kier molecular flexibility index (Phi) is 5.35. The van der Waals surface area contributed by atoms with Gasteiger partial charge in [0.05, 0.1) is 17.8 Å². The molecule has 0 spiro atoms. The maximum atomic E-state index is 13.6. The molecule has 3 aliphatic heterocycles. The summed E-state index contributed by atoms with van der Waals surface area (Å²) in [5, 5.41) is 4.74. The predicted molar refractivity (Wildman–Crippen MR) is 139 cm³/mol. The quantitative estimate of drug-likeness (QED) is 0.417. The summed E-state index contributed by atoms with van der Waals surface area (Å²) >= 11 is 0. The Morgan fingerprint density at radius 3 is 2.55 bits per heavy atom. The second kappa shape index (κ2) is 9.02. The van der Waals surface area contributed by atoms with Crippen LogP contribution in [0.5, 0.6) is 11.5 Å². The highest BCUT2D eigenvalue weighted by atomic mass is 16.7. The number of para-hydroxylation sites is 1. The molecule has 38 heavy (non-hydrogen) atoms. The van der Waals surface area contributed by atoms with E-state index < -0.39 is 0 Å². The molecular formula is C29H25N5O4. The number of likely N-dealkylation sites (tertiary alicyclic amines) is 1. The van der Waals surface area contributed by atoms with Crippen molar-refractivity contribution >= 4 is 17.5 Å². The first-order chi connectivity index (χ1) is 18.7. The van der Waals surface area contributed by atoms with Gasteiger partial charge in [-0.2, -0.15) is 5.10 Å². The highest BCUT2D eigenvalue weighted by Gasteiger charge is 2.36. The molecule has 1 fully saturated rings. The summed E-state index contributed by atoms with van der Waals surface area (Å²) in [4.78, 5) is 34.3. The Bertz CT molecular complexity index is 1540. The molecule has 1 saturated heterocycles. The summed E-state index contributed by atoms with van der Waals surface area (Å²) in [5.74, 6) is 1.35. The van der Waals surface area contributed by atoms with Gasteiger partial charge in [-0.15, -0.1) is 0 Å². The molecule has 0 unspecified atom stereocenters. The molecule has 2 amide bonds. The number of rotatable bonds is 4. The number of hydrogen-bond acceptors (Lipinski definition) is 6. The SMILES string of the molecule is O=C(c1cc(-c2ccncc2)n(-c2ccc3c(c2)OCO3)n1)N1CCC(N2C(=O)Cc3ccccc32)CC1. The van der Waals surface area contributed by atoms with E-state index in [1.807, 2.05) is 70.5 Å². The molecule has 5 heterocycles. The van der Waals surface area contributed by atoms with Crippen molar-refractivity contribution in [2.45, 2.75) is 25.3 Å². The third-order valence-electron chi connectivity index (χ3n) is 7.48. The highest BCUT2D eigenvalue weighted by molar-refractivity contribution is 6.02. The van der Waals surface area contributed by atoms with Crippen LogP contribution in [0.4, 0.5) is 5.69 Å². The lowest BCUT2D eigenvalue weighted by atomic mass is 10.0. The second-order valence-corrected chi connectivity index (χ2v) is 9.69. The first kappa shape index (κ1) is 22.5. The van der Waals surface area contributed by atoms with Crippen molar-refractivity contribution in [1.29, 1.82) is 0 Å². The molecule has 9 heteroatoms. The lowest BCUT2D eigenvalue weighted by Gasteiger charge is -2.36. The van der Waals surface area contributed by atoms with E-state index in [0.29, 0.717) is 36.7 Å². The van der Waals surface area contributed by atoms with E-state index in [9.17, 15) is 9.59 Å². The summed E-state index contributed by atoms with van der Waals surface area (Å²) in [6.45, 7) is 1.32. The highest BCUT2D eigenvalue weighted by Crippen LogP contribution is 2.36. The van der Waals surface area contributed by atoms with Gasteiger partial charge < -0.3 is 19.3 Å². The fourth-order valence-electron chi connectivity index (χ4n) is 5.59. The summed E-state index contributed by atoms with van der Waals surface area (Å²) in [6.07, 6.45) is 5.34. The Morgan fingerprint density at radius 1 is 0.921 bits per heavy atom. The fourth-order valence-corrected chi connectivity index (χ4v) is 5.59. The number of ether oxygens (including phenoxy) is 2. The van der Waals surface area contributed by atoms with E-state index in [0.717, 1.165) is 41.0 Å². The zero-order chi connectivity index (χ0) is 25.6. The van der Waals surface area contributed by atoms with Gasteiger partial charge in [-0.3, -0.25) is 14.6 Å². The van der Waals surface area contributed by atoms with Gasteiger partial charge in [-0.1, -0.05) is 18.2 Å². The van der Waals surface area contributed by atoms with Gasteiger partial charge in [0.2, 0.25) is 12.7 Å². The van der Waals surface area contributed by atoms with Gasteiger partial charge in [0, 0.05) is 48.8 Å². The molecule has 2 aromatic heterocycles. The minimum absolute atomic E-state index is 0.0915. The molecule has 2 aromatic carbocycles. The van der Waals surface area contributed by atoms with Crippen molar-refractivity contribution < 1.29 is 19.1 Å². The normalized spacial score (nSPS) is 16.7. The van der Waals surface area contributed by atoms with Gasteiger partial charge in [0.25, 0.3) is 5.91 Å². The number of aromatic nitrogens is 3. The van der Waals surface area contributed by atoms with E-state index in [1.165, 1.54) is 0 Å². The van der Waals surface area contributed by atoms with Gasteiger partial charge >= 0.3 is 0 Å². The maximum absolute atomic E-state index is 13.6. The van der Waals surface area contributed by atoms with Crippen molar-refractivity contribution in [2.24, 2.45) is 0 Å². The third kappa shape index (κ3) is 3.78. The smallest absolute Gasteiger partial charge is 0.274 e. The average molecular weight is 508 g/mol. The molecule has 0 bridgehead atoms. The molecule has 190 valence electrons. The topological polar surface area (TPSA) is 89.8 Å². The van der Waals surface area contributed by atoms with Crippen LogP contribution < -0.4 is 14.4 Å². The largest absolute Gasteiger partial charge is 0.454 e. The van der Waals surface area contributed by atoms with Crippen LogP contribution in [-0.4, -0.2) is 57.4 Å². The van der Waals surface area contributed by atoms with E-state index in [4.69, 9.17) is 14.6 Å². The maximum Gasteiger partial charge on any atom is 0.274 e. The van der Waals surface area contributed by atoms with Crippen molar-refractivity contribution in [2.75, 3.05) is 24.8 Å². The number of anilines is 1. The molecule has 4 aromatic rings. The van der Waals surface area contributed by atoms with Crippen LogP contribution in [0, 0.1) is 0 Å². The number of hydrogen-bond donors (Lipinski definition) is 0. The molecule has 0 atom stereocenters. The van der Waals surface area contributed by atoms with Crippen molar-refractivity contribution in [3.05, 3.63) is 84.3 Å². The zero-order valence-corrected chi connectivity index (χ0v) is 20.6. The molecule has 0 N–H and O–H groups in total. The first-order valence-electron chi connectivity index (χ1n) is 12.8. The molecule has 0 radical (unpaired) electrons. The molecule has 7 rings (SSSR count). The van der Waals surface area contributed by atoms with E-state index >= 15 is 0 Å². The first-order valence-corrected chi connectivity index (χ1v) is 12.8. The Hall–Kier alpha value is -4.66. The molecule has 9 nitrogen and oxygen atoms in total. The number of piperidine rings is 1. The number of nitrogens with zero attached hydrogens (tertiary/aromatic N) is 5. The minimum atomic E-state index is -0.119. The minimum Gasteiger partial charge on any atom is -0.454 e. The molecular weight excluding hydrogens is 482 g/mol. The van der Waals surface area contributed by atoms with Gasteiger partial charge in [-0.05, 0) is 54.8 Å². The molecule has 3 aliphatic rings. The van der Waals surface area contributed by atoms with Gasteiger partial charge in [0.15, 0.2) is 17.2 Å². The Labute approximate surface area is 219 Å². The summed E-state index contributed by atoms with van der Waals surface area (Å²) in [7, 11) is 0. The van der Waals surface area contributed by atoms with Crippen LogP contribution in [0.15, 0.2) is 73.1 Å². The molecule has 0 aliphatic carbocycles. The van der Waals surface area contributed by atoms with Crippen molar-refractivity contribution in [3.8, 4) is 28.4 Å². The van der Waals surface area contributed by atoms with E-state index in [1.54, 1.807) is 17.1 Å². The average Bonchev–Trinajstić information content (AvgIpc) is 3.69. The summed E-state index contributed by atoms with van der Waals surface area (Å²) in [5.41, 5.74) is 4.90. The predicted octanol–water partition coefficient (Wildman–Crippen LogP) is 3.86. The number of pyridine rings is 1. The molecule has 0 saturated carbocycles. The van der Waals surface area contributed by atoms with Gasteiger partial charge in [-0.25, -0.2) is 4.68 Å². The lowest BCUT2D eigenvalue weighted by Crippen LogP contribution is -2.48. The number of amides is 2. The monoisotopic (exact) mass is 507 g/mol. The van der Waals surface area contributed by atoms with Crippen molar-refractivity contribution in [1.82, 2.24) is 19.7 Å². The summed E-state index contributed by atoms with van der Waals surface area (Å²) in [6, 6.07) is 19.3. The Balaban J connectivity index is 1.14. The van der Waals surface area contributed by atoms with Gasteiger partial charge in [0.1, 0.15) is 0 Å². The van der Waals surface area contributed by atoms with Crippen LogP contribution in [-0.2, 0) is 11.2 Å². The standard InChI is InChI=1S/C29H25N5O4/c35-28-15-20-3-1-2-4-24(20)33(28)21-9-13-32(14-10-21)29(36)23-17-25(19-7-11-30-12-8-19)34(31-23)22-5-6-26-27(16-22)38-18-37-26/h1-8,11-12,16-17,21H,9-10,13-15,18H2. The summed E-state index contributed by atoms with van der Waals surface area (Å²) < 4.78 is 12.8. The van der Waals surface area contributed by atoms with E-state index in [2.05, 4.69) is 4.98 Å². The number of benzene rings is 2. The fraction of sp³-hybridized carbons (Fsp3) is 0.241. The van der Waals surface area contributed by atoms with E-state index in [-0.39, 0.29) is 24.6 Å². The number of carbonyl (C=O) groups is 2. The Morgan fingerprint density at radius 2 is 1.71 bits per heavy atom. The number of carbonyl (C=O) groups excluding carboxylic acids is 2. The van der Waals surface area contributed by atoms with Crippen LogP contribution in [0.3, 0.4) is 0 Å². The lowest BCUT2D eigenvalue weighted by molar-refractivity contribution is -0.118. The van der Waals surface area contributed by atoms with Crippen molar-refractivity contribution in [3.63, 3.8) is 0 Å². The zero-order valence-electron chi connectivity index (χ0n) is 20.6. The second-order valence-electron chi connectivity index (χ2n) is 9.69. The number of fused-ring (bicyclic) bond motifs is 2. The van der Waals surface area contributed by atoms with Crippen LogP contribution in [0.25, 0.3) is 16.9 Å². The van der Waals surface area contributed by atoms with Crippen LogP contribution >= 0.6 is 0 Å². The third-order valence-corrected chi connectivity index (χ3v) is 7.48. The van der Waals surface area contributed by atoms with Crippen LogP contribution in [0.2, 0.25) is 0 Å². The van der Waals surface area contributed by atoms with Crippen LogP contribution in [0.1, 0.15) is 28.9 Å².